The number of halogens is 2. The van der Waals surface area contributed by atoms with Gasteiger partial charge in [0.25, 0.3) is 5.91 Å². The zero-order valence-corrected chi connectivity index (χ0v) is 13.6. The van der Waals surface area contributed by atoms with Crippen molar-refractivity contribution in [2.75, 3.05) is 0 Å². The van der Waals surface area contributed by atoms with Crippen molar-refractivity contribution in [2.24, 2.45) is 5.14 Å². The molecule has 5 nitrogen and oxygen atoms in total. The fourth-order valence-electron chi connectivity index (χ4n) is 1.30. The van der Waals surface area contributed by atoms with E-state index in [1.165, 1.54) is 12.1 Å². The highest BCUT2D eigenvalue weighted by atomic mass is 79.9. The van der Waals surface area contributed by atoms with Crippen LogP contribution in [0.15, 0.2) is 21.5 Å². The third-order valence-corrected chi connectivity index (χ3v) is 4.72. The number of amides is 1. The first-order valence-electron chi connectivity index (χ1n) is 5.49. The molecule has 0 radical (unpaired) electrons. The molecule has 8 heteroatoms. The van der Waals surface area contributed by atoms with E-state index >= 15 is 0 Å². The molecule has 0 aliphatic carbocycles. The minimum absolute atomic E-state index is 0.0412. The van der Waals surface area contributed by atoms with E-state index in [0.29, 0.717) is 4.47 Å². The molecule has 1 amide bonds. The Kier molecular flexibility index (Phi) is 5.37. The minimum Gasteiger partial charge on any atom is -0.350 e. The number of carbonyl (C=O) groups is 1. The van der Waals surface area contributed by atoms with Gasteiger partial charge >= 0.3 is 0 Å². The summed E-state index contributed by atoms with van der Waals surface area (Å²) in [5, 5.41) is 7.91. The Morgan fingerprint density at radius 3 is 2.58 bits per heavy atom. The number of carbonyl (C=O) groups excluding carboxylic acids is 1. The maximum atomic E-state index is 12.0. The summed E-state index contributed by atoms with van der Waals surface area (Å²) in [4.78, 5) is 11.8. The molecule has 1 unspecified atom stereocenters. The van der Waals surface area contributed by atoms with Gasteiger partial charge in [0.2, 0.25) is 10.0 Å². The highest BCUT2D eigenvalue weighted by Gasteiger charge is 2.19. The summed E-state index contributed by atoms with van der Waals surface area (Å²) in [6.45, 7) is 3.76. The maximum absolute atomic E-state index is 12.0. The molecule has 19 heavy (non-hydrogen) atoms. The molecule has 106 valence electrons. The average Bonchev–Trinajstić information content (AvgIpc) is 2.30. The fourth-order valence-corrected chi connectivity index (χ4v) is 2.67. The van der Waals surface area contributed by atoms with E-state index in [1.807, 2.05) is 13.8 Å². The normalized spacial score (nSPS) is 13.1. The number of rotatable bonds is 4. The van der Waals surface area contributed by atoms with Gasteiger partial charge in [-0.15, -0.1) is 0 Å². The van der Waals surface area contributed by atoms with Gasteiger partial charge < -0.3 is 5.32 Å². The molecular formula is C11H14BrClN2O3S. The van der Waals surface area contributed by atoms with Crippen molar-refractivity contribution >= 4 is 43.5 Å². The van der Waals surface area contributed by atoms with E-state index in [0.717, 1.165) is 6.42 Å². The molecule has 0 bridgehead atoms. The quantitative estimate of drug-likeness (QED) is 0.853. The predicted octanol–water partition coefficient (Wildman–Crippen LogP) is 2.28. The average molecular weight is 370 g/mol. The Hall–Kier alpha value is -0.630. The molecule has 3 N–H and O–H groups in total. The largest absolute Gasteiger partial charge is 0.350 e. The van der Waals surface area contributed by atoms with Crippen LogP contribution in [0.2, 0.25) is 5.02 Å². The van der Waals surface area contributed by atoms with E-state index < -0.39 is 15.9 Å². The maximum Gasteiger partial charge on any atom is 0.253 e. The van der Waals surface area contributed by atoms with E-state index in [4.69, 9.17) is 16.7 Å². The number of primary sulfonamides is 1. The molecule has 0 saturated carbocycles. The molecule has 0 heterocycles. The highest BCUT2D eigenvalue weighted by Crippen LogP contribution is 2.29. The van der Waals surface area contributed by atoms with Gasteiger partial charge in [0.1, 0.15) is 0 Å². The molecule has 1 aromatic carbocycles. The number of nitrogens with one attached hydrogen (secondary N) is 1. The molecule has 0 aliphatic rings. The Morgan fingerprint density at radius 2 is 2.11 bits per heavy atom. The van der Waals surface area contributed by atoms with Crippen molar-refractivity contribution in [3.8, 4) is 0 Å². The number of benzene rings is 1. The highest BCUT2D eigenvalue weighted by molar-refractivity contribution is 9.10. The summed E-state index contributed by atoms with van der Waals surface area (Å²) < 4.78 is 23.0. The monoisotopic (exact) mass is 368 g/mol. The van der Waals surface area contributed by atoms with Crippen LogP contribution in [0, 0.1) is 0 Å². The second-order valence-corrected chi connectivity index (χ2v) is 6.89. The number of nitrogens with two attached hydrogens (primary N) is 1. The number of hydrogen-bond donors (Lipinski definition) is 2. The first-order chi connectivity index (χ1) is 8.66. The molecule has 0 fully saturated rings. The summed E-state index contributed by atoms with van der Waals surface area (Å²) in [5.74, 6) is -0.439. The van der Waals surface area contributed by atoms with Crippen LogP contribution in [0.3, 0.4) is 0 Å². The molecule has 1 rings (SSSR count). The molecule has 0 saturated heterocycles. The second kappa shape index (κ2) is 6.21. The van der Waals surface area contributed by atoms with Gasteiger partial charge in [0, 0.05) is 10.5 Å². The van der Waals surface area contributed by atoms with Crippen LogP contribution in [0.5, 0.6) is 0 Å². The molecule has 1 atom stereocenters. The van der Waals surface area contributed by atoms with Crippen molar-refractivity contribution in [3.63, 3.8) is 0 Å². The summed E-state index contributed by atoms with van der Waals surface area (Å²) >= 11 is 9.10. The van der Waals surface area contributed by atoms with Crippen LogP contribution in [0.1, 0.15) is 30.6 Å². The third-order valence-electron chi connectivity index (χ3n) is 2.56. The molecule has 0 aliphatic heterocycles. The summed E-state index contributed by atoms with van der Waals surface area (Å²) in [5.41, 5.74) is 0.0698. The van der Waals surface area contributed by atoms with Gasteiger partial charge in [-0.25, -0.2) is 13.6 Å². The van der Waals surface area contributed by atoms with E-state index in [9.17, 15) is 13.2 Å². The fraction of sp³-hybridized carbons (Fsp3) is 0.364. The topological polar surface area (TPSA) is 89.3 Å². The summed E-state index contributed by atoms with van der Waals surface area (Å²) in [6, 6.07) is 2.39. The lowest BCUT2D eigenvalue weighted by Gasteiger charge is -2.13. The Labute approximate surface area is 125 Å². The standard InChI is InChI=1S/C11H14BrClN2O3S/c1-3-6(2)15-11(16)8-4-7(19(14,17)18)5-9(12)10(8)13/h4-6H,3H2,1-2H3,(H,15,16)(H2,14,17,18). The first kappa shape index (κ1) is 16.4. The minimum atomic E-state index is -3.90. The lowest BCUT2D eigenvalue weighted by Crippen LogP contribution is -2.32. The van der Waals surface area contributed by atoms with E-state index in [1.54, 1.807) is 0 Å². The van der Waals surface area contributed by atoms with Crippen LogP contribution in [0.4, 0.5) is 0 Å². The lowest BCUT2D eigenvalue weighted by atomic mass is 10.2. The SMILES string of the molecule is CCC(C)NC(=O)c1cc(S(N)(=O)=O)cc(Br)c1Cl. The van der Waals surface area contributed by atoms with Crippen LogP contribution in [0.25, 0.3) is 0 Å². The van der Waals surface area contributed by atoms with Crippen molar-refractivity contribution in [2.45, 2.75) is 31.2 Å². The molecule has 1 aromatic rings. The van der Waals surface area contributed by atoms with Gasteiger partial charge in [-0.2, -0.15) is 0 Å². The molecular weight excluding hydrogens is 356 g/mol. The van der Waals surface area contributed by atoms with Crippen LogP contribution in [-0.2, 0) is 10.0 Å². The Bertz CT molecular complexity index is 604. The van der Waals surface area contributed by atoms with Crippen molar-refractivity contribution in [1.82, 2.24) is 5.32 Å². The van der Waals surface area contributed by atoms with Crippen molar-refractivity contribution < 1.29 is 13.2 Å². The van der Waals surface area contributed by atoms with Crippen molar-refractivity contribution in [1.29, 1.82) is 0 Å². The third kappa shape index (κ3) is 4.17. The Balaban J connectivity index is 3.27. The van der Waals surface area contributed by atoms with Gasteiger partial charge in [0.15, 0.2) is 0 Å². The van der Waals surface area contributed by atoms with Crippen LogP contribution >= 0.6 is 27.5 Å². The van der Waals surface area contributed by atoms with E-state index in [-0.39, 0.29) is 21.5 Å². The number of sulfonamides is 1. The van der Waals surface area contributed by atoms with Gasteiger partial charge in [-0.3, -0.25) is 4.79 Å². The van der Waals surface area contributed by atoms with E-state index in [2.05, 4.69) is 21.2 Å². The predicted molar refractivity (Wildman–Crippen MR) is 77.7 cm³/mol. The summed E-state index contributed by atoms with van der Waals surface area (Å²) in [6.07, 6.45) is 0.749. The molecule has 0 spiro atoms. The summed E-state index contributed by atoms with van der Waals surface area (Å²) in [7, 11) is -3.90. The lowest BCUT2D eigenvalue weighted by molar-refractivity contribution is 0.0939. The smallest absolute Gasteiger partial charge is 0.253 e. The van der Waals surface area contributed by atoms with Gasteiger partial charge in [0.05, 0.1) is 15.5 Å². The van der Waals surface area contributed by atoms with Gasteiger partial charge in [-0.1, -0.05) is 18.5 Å². The molecule has 0 aromatic heterocycles. The zero-order chi connectivity index (χ0) is 14.8. The zero-order valence-electron chi connectivity index (χ0n) is 10.4. The van der Waals surface area contributed by atoms with Crippen LogP contribution < -0.4 is 10.5 Å². The number of hydrogen-bond acceptors (Lipinski definition) is 3. The first-order valence-corrected chi connectivity index (χ1v) is 8.21. The Morgan fingerprint density at radius 1 is 1.53 bits per heavy atom. The van der Waals surface area contributed by atoms with Crippen LogP contribution in [-0.4, -0.2) is 20.4 Å². The van der Waals surface area contributed by atoms with Crippen molar-refractivity contribution in [3.05, 3.63) is 27.2 Å². The van der Waals surface area contributed by atoms with Gasteiger partial charge in [-0.05, 0) is 41.4 Å². The second-order valence-electron chi connectivity index (χ2n) is 4.09.